The quantitative estimate of drug-likeness (QED) is 0.403. The number of carbonyl (C=O) groups is 1. The van der Waals surface area contributed by atoms with Crippen molar-refractivity contribution in [1.82, 2.24) is 0 Å². The normalized spacial score (nSPS) is 20.8. The average Bonchev–Trinajstić information content (AvgIpc) is 2.51. The molecule has 8 heteroatoms. The predicted octanol–water partition coefficient (Wildman–Crippen LogP) is 2.21. The van der Waals surface area contributed by atoms with E-state index in [-0.39, 0.29) is 23.3 Å². The van der Waals surface area contributed by atoms with Gasteiger partial charge in [0.2, 0.25) is 0 Å². The Labute approximate surface area is 152 Å². The van der Waals surface area contributed by atoms with Crippen molar-refractivity contribution in [2.45, 2.75) is 44.7 Å². The molecule has 1 saturated carbocycles. The summed E-state index contributed by atoms with van der Waals surface area (Å²) < 4.78 is 14.4. The number of primary amides is 1. The summed E-state index contributed by atoms with van der Waals surface area (Å²) in [5.41, 5.74) is 18.2. The Morgan fingerprint density at radius 3 is 2.56 bits per heavy atom. The van der Waals surface area contributed by atoms with Crippen LogP contribution in [0.1, 0.15) is 43.0 Å². The first-order valence-corrected chi connectivity index (χ1v) is 8.59. The van der Waals surface area contributed by atoms with Gasteiger partial charge in [-0.2, -0.15) is 0 Å². The lowest BCUT2D eigenvalue weighted by Crippen LogP contribution is -2.42. The molecule has 1 fully saturated rings. The van der Waals surface area contributed by atoms with E-state index < -0.39 is 11.7 Å². The molecule has 1 aromatic rings. The number of benzene rings is 1. The van der Waals surface area contributed by atoms with Gasteiger partial charge in [0.25, 0.3) is 5.91 Å². The molecule has 0 unspecified atom stereocenters. The van der Waals surface area contributed by atoms with Gasteiger partial charge >= 0.3 is 0 Å². The van der Waals surface area contributed by atoms with Crippen molar-refractivity contribution in [2.75, 3.05) is 10.6 Å². The second-order valence-electron chi connectivity index (χ2n) is 6.32. The van der Waals surface area contributed by atoms with Crippen LogP contribution >= 0.6 is 12.2 Å². The van der Waals surface area contributed by atoms with Gasteiger partial charge in [-0.15, -0.1) is 0 Å². The van der Waals surface area contributed by atoms with Crippen molar-refractivity contribution < 1.29 is 9.18 Å². The van der Waals surface area contributed by atoms with Crippen LogP contribution in [-0.2, 0) is 0 Å². The third-order valence-corrected chi connectivity index (χ3v) is 4.37. The van der Waals surface area contributed by atoms with Crippen molar-refractivity contribution in [3.8, 4) is 0 Å². The van der Waals surface area contributed by atoms with E-state index in [1.165, 1.54) is 12.1 Å². The molecule has 1 aromatic carbocycles. The number of nitrogens with one attached hydrogen (secondary N) is 2. The Bertz CT molecular complexity index is 703. The minimum Gasteiger partial charge on any atom is -0.402 e. The Morgan fingerprint density at radius 1 is 1.28 bits per heavy atom. The fourth-order valence-corrected chi connectivity index (χ4v) is 3.20. The smallest absolute Gasteiger partial charge is 0.250 e. The van der Waals surface area contributed by atoms with Crippen molar-refractivity contribution in [1.29, 1.82) is 0 Å². The number of halogens is 1. The number of carbonyl (C=O) groups excluding carboxylic acids is 1. The average molecular weight is 365 g/mol. The molecule has 1 aliphatic rings. The molecule has 1 amide bonds. The van der Waals surface area contributed by atoms with Gasteiger partial charge in [-0.05, 0) is 38.0 Å². The first-order valence-electron chi connectivity index (χ1n) is 8.18. The molecule has 0 aromatic heterocycles. The zero-order chi connectivity index (χ0) is 18.6. The van der Waals surface area contributed by atoms with Crippen LogP contribution in [0.3, 0.4) is 0 Å². The van der Waals surface area contributed by atoms with E-state index in [4.69, 9.17) is 29.4 Å². The number of hydrogen-bond donors (Lipinski definition) is 5. The van der Waals surface area contributed by atoms with Crippen LogP contribution in [-0.4, -0.2) is 23.0 Å². The van der Waals surface area contributed by atoms with Gasteiger partial charge in [-0.1, -0.05) is 25.1 Å². The number of hydrogen-bond acceptors (Lipinski definition) is 5. The fraction of sp³-hybridized carbons (Fsp3) is 0.412. The van der Waals surface area contributed by atoms with Gasteiger partial charge in [0.15, 0.2) is 0 Å². The number of allylic oxidation sites excluding steroid dienone is 1. The monoisotopic (exact) mass is 365 g/mol. The first kappa shape index (κ1) is 19.1. The molecule has 0 aliphatic heterocycles. The molecule has 1 aliphatic carbocycles. The van der Waals surface area contributed by atoms with Crippen LogP contribution in [0.4, 0.5) is 15.8 Å². The van der Waals surface area contributed by atoms with Crippen molar-refractivity contribution in [3.05, 3.63) is 35.3 Å². The minimum atomic E-state index is -0.751. The predicted molar refractivity (Wildman–Crippen MR) is 103 cm³/mol. The summed E-state index contributed by atoms with van der Waals surface area (Å²) in [5, 5.41) is 6.02. The highest BCUT2D eigenvalue weighted by atomic mass is 32.1. The molecule has 0 radical (unpaired) electrons. The van der Waals surface area contributed by atoms with E-state index in [0.29, 0.717) is 16.4 Å². The van der Waals surface area contributed by atoms with E-state index in [1.807, 2.05) is 0 Å². The fourth-order valence-electron chi connectivity index (χ4n) is 2.91. The van der Waals surface area contributed by atoms with Crippen LogP contribution < -0.4 is 27.8 Å². The number of nitrogens with two attached hydrogens (primary N) is 3. The third-order valence-electron chi connectivity index (χ3n) is 4.15. The topological polar surface area (TPSA) is 119 Å². The van der Waals surface area contributed by atoms with Crippen molar-refractivity contribution in [3.63, 3.8) is 0 Å². The van der Waals surface area contributed by atoms with E-state index in [1.54, 1.807) is 6.92 Å². The van der Waals surface area contributed by atoms with E-state index >= 15 is 0 Å². The summed E-state index contributed by atoms with van der Waals surface area (Å²) in [4.78, 5) is 11.9. The second kappa shape index (κ2) is 8.26. The number of rotatable bonds is 5. The molecule has 2 rings (SSSR count). The zero-order valence-corrected chi connectivity index (χ0v) is 15.0. The summed E-state index contributed by atoms with van der Waals surface area (Å²) in [7, 11) is 0. The maximum atomic E-state index is 14.4. The largest absolute Gasteiger partial charge is 0.402 e. The molecule has 0 saturated heterocycles. The lowest BCUT2D eigenvalue weighted by atomic mass is 9.91. The summed E-state index contributed by atoms with van der Waals surface area (Å²) >= 11 is 5.16. The van der Waals surface area contributed by atoms with Crippen molar-refractivity contribution >= 4 is 34.5 Å². The summed E-state index contributed by atoms with van der Waals surface area (Å²) in [6.07, 6.45) is 5.42. The first-order chi connectivity index (χ1) is 11.8. The summed E-state index contributed by atoms with van der Waals surface area (Å²) in [6, 6.07) is 2.53. The molecular weight excluding hydrogens is 341 g/mol. The van der Waals surface area contributed by atoms with Gasteiger partial charge in [0.1, 0.15) is 10.8 Å². The Balaban J connectivity index is 2.31. The molecule has 0 spiro atoms. The Morgan fingerprint density at radius 2 is 1.96 bits per heavy atom. The van der Waals surface area contributed by atoms with Gasteiger partial charge in [0.05, 0.1) is 16.9 Å². The molecule has 136 valence electrons. The molecule has 8 N–H and O–H groups in total. The zero-order valence-electron chi connectivity index (χ0n) is 14.1. The van der Waals surface area contributed by atoms with Crippen LogP contribution in [0.15, 0.2) is 23.9 Å². The van der Waals surface area contributed by atoms with Crippen LogP contribution in [0.25, 0.3) is 0 Å². The van der Waals surface area contributed by atoms with Gasteiger partial charge in [-0.25, -0.2) is 4.39 Å². The van der Waals surface area contributed by atoms with Gasteiger partial charge in [0, 0.05) is 17.8 Å². The van der Waals surface area contributed by atoms with Crippen LogP contribution in [0.5, 0.6) is 0 Å². The summed E-state index contributed by atoms with van der Waals surface area (Å²) in [6.45, 7) is 1.69. The Hall–Kier alpha value is -2.19. The number of anilines is 2. The second-order valence-corrected chi connectivity index (χ2v) is 6.76. The van der Waals surface area contributed by atoms with Gasteiger partial charge in [-0.3, -0.25) is 4.79 Å². The molecule has 2 atom stereocenters. The van der Waals surface area contributed by atoms with Crippen LogP contribution in [0, 0.1) is 5.82 Å². The summed E-state index contributed by atoms with van der Waals surface area (Å²) in [5.74, 6) is -1.31. The Kier molecular flexibility index (Phi) is 6.33. The lowest BCUT2D eigenvalue weighted by Gasteiger charge is -2.30. The molecule has 25 heavy (non-hydrogen) atoms. The maximum Gasteiger partial charge on any atom is 0.250 e. The number of amides is 1. The SMILES string of the molecule is CC(N)=CC(=S)Nc1cc(N[C@@H]2CCCC[C@@H]2N)c(F)cc1C(N)=O. The molecular formula is C17H24FN5OS. The van der Waals surface area contributed by atoms with Crippen LogP contribution in [0.2, 0.25) is 0 Å². The maximum absolute atomic E-state index is 14.4. The minimum absolute atomic E-state index is 0.0152. The van der Waals surface area contributed by atoms with Crippen molar-refractivity contribution in [2.24, 2.45) is 17.2 Å². The van der Waals surface area contributed by atoms with E-state index in [0.717, 1.165) is 31.7 Å². The highest BCUT2D eigenvalue weighted by Gasteiger charge is 2.23. The van der Waals surface area contributed by atoms with E-state index in [2.05, 4.69) is 10.6 Å². The third kappa shape index (κ3) is 5.14. The molecule has 6 nitrogen and oxygen atoms in total. The highest BCUT2D eigenvalue weighted by Crippen LogP contribution is 2.28. The highest BCUT2D eigenvalue weighted by molar-refractivity contribution is 7.81. The lowest BCUT2D eigenvalue weighted by molar-refractivity contribution is 0.100. The number of thiocarbonyl (C=S) groups is 1. The molecule has 0 heterocycles. The van der Waals surface area contributed by atoms with E-state index in [9.17, 15) is 9.18 Å². The standard InChI is InChI=1S/C17H24FN5OS/c1-9(19)6-16(25)23-14-8-15(11(18)7-10(14)17(21)24)22-13-5-3-2-4-12(13)20/h6-8,12-13,22H,2-5,19-20H2,1H3,(H2,21,24)(H,23,25)/t12-,13+/m0/s1. The van der Waals surface area contributed by atoms with Gasteiger partial charge < -0.3 is 27.8 Å². The molecule has 0 bridgehead atoms.